The Kier molecular flexibility index (Phi) is 4.70. The second-order valence-corrected chi connectivity index (χ2v) is 6.60. The van der Waals surface area contributed by atoms with Gasteiger partial charge in [0.2, 0.25) is 0 Å². The fourth-order valence-electron chi connectivity index (χ4n) is 3.48. The second-order valence-electron chi connectivity index (χ2n) is 6.60. The molecule has 25 heavy (non-hydrogen) atoms. The molecule has 0 N–H and O–H groups in total. The van der Waals surface area contributed by atoms with Gasteiger partial charge < -0.3 is 14.4 Å². The van der Waals surface area contributed by atoms with Crippen LogP contribution in [0.5, 0.6) is 5.75 Å². The van der Waals surface area contributed by atoms with E-state index in [1.54, 1.807) is 6.20 Å². The van der Waals surface area contributed by atoms with Gasteiger partial charge in [-0.05, 0) is 49.1 Å². The molecule has 1 fully saturated rings. The molecule has 2 aliphatic heterocycles. The van der Waals surface area contributed by atoms with Crippen LogP contribution < -0.4 is 4.74 Å². The van der Waals surface area contributed by atoms with E-state index in [4.69, 9.17) is 9.47 Å². The number of benzene rings is 1. The topological polar surface area (TPSA) is 56.6 Å². The predicted octanol–water partition coefficient (Wildman–Crippen LogP) is 2.14. The molecule has 4 rings (SSSR count). The Morgan fingerprint density at radius 2 is 2.24 bits per heavy atom. The van der Waals surface area contributed by atoms with Crippen molar-refractivity contribution >= 4 is 5.91 Å². The average Bonchev–Trinajstić information content (AvgIpc) is 3.05. The Balaban J connectivity index is 1.48. The number of aromatic nitrogens is 2. The van der Waals surface area contributed by atoms with Crippen LogP contribution in [0.2, 0.25) is 0 Å². The summed E-state index contributed by atoms with van der Waals surface area (Å²) in [6.07, 6.45) is 6.48. The minimum atomic E-state index is -0.0349. The van der Waals surface area contributed by atoms with Crippen molar-refractivity contribution in [3.63, 3.8) is 0 Å². The molecule has 2 aromatic rings. The van der Waals surface area contributed by atoms with Crippen LogP contribution in [-0.4, -0.2) is 53.0 Å². The molecule has 0 saturated carbocycles. The molecule has 3 heterocycles. The number of hydrogen-bond donors (Lipinski definition) is 0. The Morgan fingerprint density at radius 1 is 1.28 bits per heavy atom. The van der Waals surface area contributed by atoms with E-state index in [2.05, 4.69) is 5.10 Å². The van der Waals surface area contributed by atoms with Crippen molar-refractivity contribution < 1.29 is 14.3 Å². The number of amides is 1. The number of hydrogen-bond acceptors (Lipinski definition) is 4. The number of nitrogens with zero attached hydrogens (tertiary/aromatic N) is 3. The molecule has 0 bridgehead atoms. The summed E-state index contributed by atoms with van der Waals surface area (Å²) in [6.45, 7) is 3.41. The summed E-state index contributed by atoms with van der Waals surface area (Å²) in [4.78, 5) is 14.9. The van der Waals surface area contributed by atoms with Gasteiger partial charge in [-0.15, -0.1) is 0 Å². The summed E-state index contributed by atoms with van der Waals surface area (Å²) in [6, 6.07) is 7.69. The summed E-state index contributed by atoms with van der Waals surface area (Å²) < 4.78 is 13.4. The summed E-state index contributed by atoms with van der Waals surface area (Å²) >= 11 is 0. The predicted molar refractivity (Wildman–Crippen MR) is 92.7 cm³/mol. The van der Waals surface area contributed by atoms with Crippen LogP contribution in [0.15, 0.2) is 36.7 Å². The van der Waals surface area contributed by atoms with E-state index in [0.29, 0.717) is 19.7 Å². The summed E-state index contributed by atoms with van der Waals surface area (Å²) in [5, 5.41) is 4.24. The number of ether oxygens (including phenoxy) is 2. The van der Waals surface area contributed by atoms with Crippen LogP contribution >= 0.6 is 0 Å². The van der Waals surface area contributed by atoms with E-state index in [1.165, 1.54) is 0 Å². The zero-order valence-electron chi connectivity index (χ0n) is 14.3. The molecular weight excluding hydrogens is 318 g/mol. The van der Waals surface area contributed by atoms with E-state index < -0.39 is 0 Å². The largest absolute Gasteiger partial charge is 0.493 e. The standard InChI is InChI=1S/C19H23N3O3/c23-19(16-5-6-18-15(12-16)4-1-10-25-18)21-8-3-11-24-17(13-21)14-22-9-2-7-20-22/h2,5-7,9,12,17H,1,3-4,8,10-11,13-14H2/t17-/m1/s1. The molecule has 0 spiro atoms. The molecule has 0 aliphatic carbocycles. The Morgan fingerprint density at radius 3 is 3.12 bits per heavy atom. The summed E-state index contributed by atoms with van der Waals surface area (Å²) in [5.41, 5.74) is 1.88. The first-order valence-electron chi connectivity index (χ1n) is 8.93. The van der Waals surface area contributed by atoms with Gasteiger partial charge in [0.25, 0.3) is 5.91 Å². The monoisotopic (exact) mass is 341 g/mol. The first kappa shape index (κ1) is 16.1. The van der Waals surface area contributed by atoms with Crippen molar-refractivity contribution in [3.05, 3.63) is 47.8 Å². The molecular formula is C19H23N3O3. The maximum absolute atomic E-state index is 13.0. The highest BCUT2D eigenvalue weighted by atomic mass is 16.5. The first-order chi connectivity index (χ1) is 12.3. The minimum Gasteiger partial charge on any atom is -0.493 e. The highest BCUT2D eigenvalue weighted by Gasteiger charge is 2.25. The van der Waals surface area contributed by atoms with Gasteiger partial charge >= 0.3 is 0 Å². The lowest BCUT2D eigenvalue weighted by molar-refractivity contribution is 0.0367. The highest BCUT2D eigenvalue weighted by molar-refractivity contribution is 5.94. The lowest BCUT2D eigenvalue weighted by atomic mass is 10.0. The van der Waals surface area contributed by atoms with Gasteiger partial charge in [-0.1, -0.05) is 0 Å². The first-order valence-corrected chi connectivity index (χ1v) is 8.93. The van der Waals surface area contributed by atoms with Gasteiger partial charge in [-0.2, -0.15) is 5.10 Å². The highest BCUT2D eigenvalue weighted by Crippen LogP contribution is 2.26. The normalized spacial score (nSPS) is 20.5. The van der Waals surface area contributed by atoms with Crippen LogP contribution in [0.4, 0.5) is 0 Å². The second kappa shape index (κ2) is 7.27. The molecule has 1 saturated heterocycles. The van der Waals surface area contributed by atoms with Crippen molar-refractivity contribution in [2.24, 2.45) is 0 Å². The van der Waals surface area contributed by atoms with E-state index in [0.717, 1.165) is 49.3 Å². The van der Waals surface area contributed by atoms with E-state index >= 15 is 0 Å². The maximum Gasteiger partial charge on any atom is 0.253 e. The van der Waals surface area contributed by atoms with Gasteiger partial charge in [0, 0.05) is 37.7 Å². The lowest BCUT2D eigenvalue weighted by Gasteiger charge is -2.25. The molecule has 1 aromatic heterocycles. The van der Waals surface area contributed by atoms with E-state index in [1.807, 2.05) is 40.0 Å². The summed E-state index contributed by atoms with van der Waals surface area (Å²) in [5.74, 6) is 0.989. The van der Waals surface area contributed by atoms with Crippen LogP contribution in [0.1, 0.15) is 28.8 Å². The van der Waals surface area contributed by atoms with Crippen molar-refractivity contribution in [1.82, 2.24) is 14.7 Å². The fourth-order valence-corrected chi connectivity index (χ4v) is 3.48. The molecule has 6 nitrogen and oxygen atoms in total. The third-order valence-corrected chi connectivity index (χ3v) is 4.74. The van der Waals surface area contributed by atoms with E-state index in [-0.39, 0.29) is 12.0 Å². The quantitative estimate of drug-likeness (QED) is 0.858. The van der Waals surface area contributed by atoms with Gasteiger partial charge in [-0.3, -0.25) is 9.48 Å². The van der Waals surface area contributed by atoms with Crippen LogP contribution in [-0.2, 0) is 17.7 Å². The maximum atomic E-state index is 13.0. The van der Waals surface area contributed by atoms with Crippen LogP contribution in [0.25, 0.3) is 0 Å². The van der Waals surface area contributed by atoms with Gasteiger partial charge in [-0.25, -0.2) is 0 Å². The van der Waals surface area contributed by atoms with Crippen molar-refractivity contribution in [2.45, 2.75) is 31.9 Å². The third-order valence-electron chi connectivity index (χ3n) is 4.74. The van der Waals surface area contributed by atoms with Crippen molar-refractivity contribution in [3.8, 4) is 5.75 Å². The van der Waals surface area contributed by atoms with Crippen LogP contribution in [0, 0.1) is 0 Å². The van der Waals surface area contributed by atoms with Crippen LogP contribution in [0.3, 0.4) is 0 Å². The average molecular weight is 341 g/mol. The van der Waals surface area contributed by atoms with Crippen molar-refractivity contribution in [2.75, 3.05) is 26.3 Å². The van der Waals surface area contributed by atoms with Gasteiger partial charge in [0.15, 0.2) is 0 Å². The molecule has 2 aliphatic rings. The smallest absolute Gasteiger partial charge is 0.253 e. The number of rotatable bonds is 3. The molecule has 0 unspecified atom stereocenters. The zero-order chi connectivity index (χ0) is 17.1. The molecule has 1 atom stereocenters. The van der Waals surface area contributed by atoms with Gasteiger partial charge in [0.05, 0.1) is 19.3 Å². The SMILES string of the molecule is O=C(c1ccc2c(c1)CCCO2)N1CCCO[C@@H](Cn2cccn2)C1. The molecule has 1 aromatic carbocycles. The number of carbonyl (C=O) groups excluding carboxylic acids is 1. The molecule has 6 heteroatoms. The third kappa shape index (κ3) is 3.69. The molecule has 1 amide bonds. The Bertz CT molecular complexity index is 730. The number of fused-ring (bicyclic) bond motifs is 1. The Labute approximate surface area is 147 Å². The van der Waals surface area contributed by atoms with E-state index in [9.17, 15) is 4.79 Å². The zero-order valence-corrected chi connectivity index (χ0v) is 14.3. The fraction of sp³-hybridized carbons (Fsp3) is 0.474. The summed E-state index contributed by atoms with van der Waals surface area (Å²) in [7, 11) is 0. The minimum absolute atomic E-state index is 0.0349. The van der Waals surface area contributed by atoms with Crippen molar-refractivity contribution in [1.29, 1.82) is 0 Å². The number of carbonyl (C=O) groups is 1. The molecule has 0 radical (unpaired) electrons. The van der Waals surface area contributed by atoms with Gasteiger partial charge in [0.1, 0.15) is 5.75 Å². The lowest BCUT2D eigenvalue weighted by Crippen LogP contribution is -2.38. The molecule has 132 valence electrons. The number of aryl methyl sites for hydroxylation is 1. The Hall–Kier alpha value is -2.34.